The summed E-state index contributed by atoms with van der Waals surface area (Å²) < 4.78 is 0. The van der Waals surface area contributed by atoms with Crippen molar-refractivity contribution in [2.24, 2.45) is 5.92 Å². The number of hydrogen-bond acceptors (Lipinski definition) is 4. The van der Waals surface area contributed by atoms with Crippen LogP contribution >= 0.6 is 0 Å². The van der Waals surface area contributed by atoms with Gasteiger partial charge in [-0.15, -0.1) is 0 Å². The zero-order valence-electron chi connectivity index (χ0n) is 10.5. The molecule has 18 heavy (non-hydrogen) atoms. The molecule has 1 heterocycles. The highest BCUT2D eigenvalue weighted by Crippen LogP contribution is 2.17. The van der Waals surface area contributed by atoms with Crippen molar-refractivity contribution in [3.05, 3.63) is 0 Å². The Labute approximate surface area is 105 Å². The number of rotatable bonds is 5. The van der Waals surface area contributed by atoms with E-state index >= 15 is 0 Å². The highest BCUT2D eigenvalue weighted by Gasteiger charge is 2.35. The number of hydrogen-bond donors (Lipinski definition) is 3. The molecule has 1 aliphatic heterocycles. The second kappa shape index (κ2) is 5.34. The smallest absolute Gasteiger partial charge is 0.337 e. The molecule has 0 spiro atoms. The van der Waals surface area contributed by atoms with Crippen molar-refractivity contribution >= 4 is 17.8 Å². The van der Waals surface area contributed by atoms with Crippen LogP contribution < -0.4 is 5.32 Å². The molecule has 0 saturated carbocycles. The molecule has 2 unspecified atom stereocenters. The predicted molar refractivity (Wildman–Crippen MR) is 61.6 cm³/mol. The molecule has 1 rings (SSSR count). The minimum Gasteiger partial charge on any atom is -0.479 e. The van der Waals surface area contributed by atoms with Crippen molar-refractivity contribution in [3.8, 4) is 0 Å². The highest BCUT2D eigenvalue weighted by molar-refractivity contribution is 5.89. The monoisotopic (exact) mass is 258 g/mol. The largest absolute Gasteiger partial charge is 0.479 e. The van der Waals surface area contributed by atoms with Gasteiger partial charge in [0.2, 0.25) is 11.8 Å². The van der Waals surface area contributed by atoms with E-state index in [0.717, 1.165) is 6.92 Å². The average Bonchev–Trinajstić information content (AvgIpc) is 2.67. The lowest BCUT2D eigenvalue weighted by atomic mass is 10.1. The van der Waals surface area contributed by atoms with Gasteiger partial charge in [-0.1, -0.05) is 0 Å². The first-order valence-electron chi connectivity index (χ1n) is 5.79. The van der Waals surface area contributed by atoms with Crippen LogP contribution in [-0.4, -0.2) is 58.1 Å². The summed E-state index contributed by atoms with van der Waals surface area (Å²) in [5.74, 6) is -2.36. The third kappa shape index (κ3) is 3.19. The van der Waals surface area contributed by atoms with Gasteiger partial charge >= 0.3 is 5.97 Å². The maximum atomic E-state index is 11.7. The van der Waals surface area contributed by atoms with Crippen LogP contribution in [0.1, 0.15) is 20.3 Å². The topological polar surface area (TPSA) is 107 Å². The Kier molecular flexibility index (Phi) is 4.28. The lowest BCUT2D eigenvalue weighted by Crippen LogP contribution is -2.48. The molecule has 1 fully saturated rings. The standard InChI is InChI=1S/C11H18N2O5/c1-3-13-5-7(4-8(13)14)9(15)12-6-11(2,18)10(16)17/h7,18H,3-6H2,1-2H3,(H,12,15)(H,16,17). The molecule has 3 N–H and O–H groups in total. The summed E-state index contributed by atoms with van der Waals surface area (Å²) in [6.45, 7) is 3.45. The maximum Gasteiger partial charge on any atom is 0.337 e. The Morgan fingerprint density at radius 3 is 2.61 bits per heavy atom. The molecule has 0 aromatic carbocycles. The summed E-state index contributed by atoms with van der Waals surface area (Å²) in [5, 5.41) is 20.5. The molecule has 7 nitrogen and oxygen atoms in total. The third-order valence-corrected chi connectivity index (χ3v) is 3.03. The molecule has 0 aromatic rings. The summed E-state index contributed by atoms with van der Waals surface area (Å²) in [6, 6.07) is 0. The lowest BCUT2D eigenvalue weighted by Gasteiger charge is -2.19. The van der Waals surface area contributed by atoms with Crippen molar-refractivity contribution in [1.29, 1.82) is 0 Å². The molecule has 0 aromatic heterocycles. The molecule has 0 radical (unpaired) electrons. The minimum absolute atomic E-state index is 0.0809. The minimum atomic E-state index is -2.00. The van der Waals surface area contributed by atoms with Gasteiger partial charge in [-0.3, -0.25) is 9.59 Å². The molecule has 102 valence electrons. The van der Waals surface area contributed by atoms with Gasteiger partial charge in [0.15, 0.2) is 5.60 Å². The van der Waals surface area contributed by atoms with Crippen molar-refractivity contribution in [1.82, 2.24) is 10.2 Å². The summed E-state index contributed by atoms with van der Waals surface area (Å²) in [4.78, 5) is 35.4. The molecule has 1 aliphatic rings. The number of carboxylic acid groups (broad SMARTS) is 1. The van der Waals surface area contributed by atoms with Crippen LogP contribution in [0.5, 0.6) is 0 Å². The lowest BCUT2D eigenvalue weighted by molar-refractivity contribution is -0.156. The fourth-order valence-corrected chi connectivity index (χ4v) is 1.73. The van der Waals surface area contributed by atoms with Gasteiger partial charge in [-0.05, 0) is 13.8 Å². The van der Waals surface area contributed by atoms with Crippen LogP contribution in [0.25, 0.3) is 0 Å². The van der Waals surface area contributed by atoms with E-state index in [0.29, 0.717) is 13.1 Å². The molecular formula is C11H18N2O5. The van der Waals surface area contributed by atoms with Gasteiger partial charge < -0.3 is 20.4 Å². The summed E-state index contributed by atoms with van der Waals surface area (Å²) in [7, 11) is 0. The fourth-order valence-electron chi connectivity index (χ4n) is 1.73. The normalized spacial score (nSPS) is 22.7. The second-order valence-corrected chi connectivity index (χ2v) is 4.63. The summed E-state index contributed by atoms with van der Waals surface area (Å²) in [5.41, 5.74) is -2.00. The number of aliphatic carboxylic acids is 1. The number of amides is 2. The molecule has 2 atom stereocenters. The highest BCUT2D eigenvalue weighted by atomic mass is 16.4. The molecule has 1 saturated heterocycles. The number of likely N-dealkylation sites (tertiary alicyclic amines) is 1. The van der Waals surface area contributed by atoms with Crippen LogP contribution in [0.3, 0.4) is 0 Å². The van der Waals surface area contributed by atoms with Crippen molar-refractivity contribution < 1.29 is 24.6 Å². The van der Waals surface area contributed by atoms with Crippen LogP contribution in [0, 0.1) is 5.92 Å². The first-order valence-corrected chi connectivity index (χ1v) is 5.79. The van der Waals surface area contributed by atoms with Crippen LogP contribution in [0.2, 0.25) is 0 Å². The maximum absolute atomic E-state index is 11.7. The van der Waals surface area contributed by atoms with Crippen LogP contribution in [0.4, 0.5) is 0 Å². The zero-order valence-corrected chi connectivity index (χ0v) is 10.5. The van der Waals surface area contributed by atoms with Gasteiger partial charge in [-0.25, -0.2) is 4.79 Å². The zero-order chi connectivity index (χ0) is 13.9. The van der Waals surface area contributed by atoms with Crippen molar-refractivity contribution in [3.63, 3.8) is 0 Å². The third-order valence-electron chi connectivity index (χ3n) is 3.03. The van der Waals surface area contributed by atoms with Gasteiger partial charge in [0.1, 0.15) is 0 Å². The van der Waals surface area contributed by atoms with Crippen LogP contribution in [0.15, 0.2) is 0 Å². The molecule has 2 amide bonds. The number of carbonyl (C=O) groups excluding carboxylic acids is 2. The fraction of sp³-hybridized carbons (Fsp3) is 0.727. The van der Waals surface area contributed by atoms with E-state index in [9.17, 15) is 19.5 Å². The van der Waals surface area contributed by atoms with E-state index < -0.39 is 23.4 Å². The Morgan fingerprint density at radius 1 is 1.56 bits per heavy atom. The van der Waals surface area contributed by atoms with Gasteiger partial charge in [-0.2, -0.15) is 0 Å². The van der Waals surface area contributed by atoms with Crippen molar-refractivity contribution in [2.45, 2.75) is 25.9 Å². The van der Waals surface area contributed by atoms with Gasteiger partial charge in [0.05, 0.1) is 12.5 Å². The van der Waals surface area contributed by atoms with Crippen LogP contribution in [-0.2, 0) is 14.4 Å². The number of nitrogens with one attached hydrogen (secondary N) is 1. The number of nitrogens with zero attached hydrogens (tertiary/aromatic N) is 1. The number of carbonyl (C=O) groups is 3. The van der Waals surface area contributed by atoms with E-state index in [4.69, 9.17) is 5.11 Å². The first-order chi connectivity index (χ1) is 8.27. The van der Waals surface area contributed by atoms with Gasteiger partial charge in [0.25, 0.3) is 0 Å². The first kappa shape index (κ1) is 14.4. The molecule has 0 aliphatic carbocycles. The Bertz CT molecular complexity index is 366. The van der Waals surface area contributed by atoms with E-state index in [2.05, 4.69) is 5.32 Å². The Hall–Kier alpha value is -1.63. The van der Waals surface area contributed by atoms with E-state index in [1.807, 2.05) is 6.92 Å². The summed E-state index contributed by atoms with van der Waals surface area (Å²) >= 11 is 0. The summed E-state index contributed by atoms with van der Waals surface area (Å²) in [6.07, 6.45) is 0.134. The molecule has 0 bridgehead atoms. The Balaban J connectivity index is 2.48. The predicted octanol–water partition coefficient (Wildman–Crippen LogP) is -1.19. The second-order valence-electron chi connectivity index (χ2n) is 4.63. The quantitative estimate of drug-likeness (QED) is 0.574. The van der Waals surface area contributed by atoms with Crippen molar-refractivity contribution in [2.75, 3.05) is 19.6 Å². The average molecular weight is 258 g/mol. The van der Waals surface area contributed by atoms with E-state index in [-0.39, 0.29) is 18.9 Å². The molecule has 7 heteroatoms. The van der Waals surface area contributed by atoms with Gasteiger partial charge in [0, 0.05) is 19.5 Å². The molecular weight excluding hydrogens is 240 g/mol. The Morgan fingerprint density at radius 2 is 2.17 bits per heavy atom. The number of carboxylic acids is 1. The van der Waals surface area contributed by atoms with E-state index in [1.165, 1.54) is 0 Å². The number of aliphatic hydroxyl groups is 1. The van der Waals surface area contributed by atoms with E-state index in [1.54, 1.807) is 4.90 Å². The SMILES string of the molecule is CCN1CC(C(=O)NCC(C)(O)C(=O)O)CC1=O.